The van der Waals surface area contributed by atoms with E-state index >= 15 is 0 Å². The van der Waals surface area contributed by atoms with E-state index in [1.54, 1.807) is 0 Å². The van der Waals surface area contributed by atoms with E-state index < -0.39 is 0 Å². The number of fused-ring (bicyclic) bond motifs is 1. The highest BCUT2D eigenvalue weighted by Crippen LogP contribution is 2.19. The van der Waals surface area contributed by atoms with Gasteiger partial charge in [0.2, 0.25) is 0 Å². The highest BCUT2D eigenvalue weighted by Gasteiger charge is 2.01. The van der Waals surface area contributed by atoms with Crippen molar-refractivity contribution in [3.05, 3.63) is 65.9 Å². The first-order valence-corrected chi connectivity index (χ1v) is 6.39. The van der Waals surface area contributed by atoms with Crippen LogP contribution in [0.2, 0.25) is 0 Å². The summed E-state index contributed by atoms with van der Waals surface area (Å²) in [6.45, 7) is 8.28. The number of allylic oxidation sites excluding steroid dienone is 3. The Labute approximate surface area is 109 Å². The molecule has 2 rings (SSSR count). The molecule has 0 radical (unpaired) electrons. The van der Waals surface area contributed by atoms with Crippen LogP contribution in [-0.4, -0.2) is 4.98 Å². The van der Waals surface area contributed by atoms with Gasteiger partial charge in [0.05, 0.1) is 5.52 Å². The molecule has 18 heavy (non-hydrogen) atoms. The molecular weight excluding hydrogens is 218 g/mol. The second-order valence-corrected chi connectivity index (χ2v) is 4.57. The van der Waals surface area contributed by atoms with Crippen molar-refractivity contribution in [1.82, 2.24) is 4.98 Å². The van der Waals surface area contributed by atoms with Crippen LogP contribution in [0.1, 0.15) is 25.8 Å². The molecule has 0 fully saturated rings. The Balaban J connectivity index is 2.35. The quantitative estimate of drug-likeness (QED) is 0.703. The topological polar surface area (TPSA) is 12.9 Å². The van der Waals surface area contributed by atoms with Gasteiger partial charge in [0.15, 0.2) is 0 Å². The Hall–Kier alpha value is -1.89. The van der Waals surface area contributed by atoms with Crippen molar-refractivity contribution in [1.29, 1.82) is 0 Å². The first-order valence-electron chi connectivity index (χ1n) is 6.39. The number of pyridine rings is 1. The zero-order valence-electron chi connectivity index (χ0n) is 11.1. The van der Waals surface area contributed by atoms with Gasteiger partial charge in [-0.25, -0.2) is 0 Å². The second kappa shape index (κ2) is 5.63. The van der Waals surface area contributed by atoms with E-state index in [1.165, 1.54) is 22.1 Å². The van der Waals surface area contributed by atoms with Crippen LogP contribution in [-0.2, 0) is 6.42 Å². The molecule has 92 valence electrons. The molecule has 1 aromatic heterocycles. The molecule has 0 bridgehead atoms. The lowest BCUT2D eigenvalue weighted by molar-refractivity contribution is 1.03. The molecule has 1 heterocycles. The number of rotatable bonds is 4. The van der Waals surface area contributed by atoms with Crippen molar-refractivity contribution in [2.24, 2.45) is 0 Å². The lowest BCUT2D eigenvalue weighted by Crippen LogP contribution is -1.92. The van der Waals surface area contributed by atoms with E-state index in [2.05, 4.69) is 49.7 Å². The van der Waals surface area contributed by atoms with Gasteiger partial charge in [0.25, 0.3) is 0 Å². The van der Waals surface area contributed by atoms with Gasteiger partial charge in [0.1, 0.15) is 0 Å². The molecule has 1 nitrogen and oxygen atoms in total. The zero-order valence-corrected chi connectivity index (χ0v) is 11.1. The summed E-state index contributed by atoms with van der Waals surface area (Å²) < 4.78 is 0. The molecule has 2 aromatic rings. The summed E-state index contributed by atoms with van der Waals surface area (Å²) >= 11 is 0. The van der Waals surface area contributed by atoms with E-state index in [0.29, 0.717) is 0 Å². The fourth-order valence-electron chi connectivity index (χ4n) is 2.08. The third-order valence-electron chi connectivity index (χ3n) is 3.39. The first-order chi connectivity index (χ1) is 8.74. The maximum Gasteiger partial charge on any atom is 0.0702 e. The molecule has 0 N–H and O–H groups in total. The molecule has 0 spiro atoms. The molecule has 0 saturated carbocycles. The van der Waals surface area contributed by atoms with Crippen molar-refractivity contribution in [2.75, 3.05) is 0 Å². The number of hydrogen-bond acceptors (Lipinski definition) is 1. The van der Waals surface area contributed by atoms with Crippen molar-refractivity contribution < 1.29 is 0 Å². The molecule has 0 amide bonds. The summed E-state index contributed by atoms with van der Waals surface area (Å²) in [5, 5.41) is 1.20. The van der Waals surface area contributed by atoms with Crippen LogP contribution in [0.15, 0.2) is 60.3 Å². The van der Waals surface area contributed by atoms with Crippen LogP contribution in [0.25, 0.3) is 10.9 Å². The zero-order chi connectivity index (χ0) is 13.0. The van der Waals surface area contributed by atoms with Gasteiger partial charge >= 0.3 is 0 Å². The predicted molar refractivity (Wildman–Crippen MR) is 78.6 cm³/mol. The third kappa shape index (κ3) is 2.67. The Bertz CT molecular complexity index is 593. The minimum atomic E-state index is 0.952. The fraction of sp³-hybridized carbons (Fsp3) is 0.235. The molecule has 0 aliphatic carbocycles. The SMILES string of the molecule is C=CC(Cc1ccc2ncccc2c1)=C(C)CC. The Morgan fingerprint density at radius 2 is 2.17 bits per heavy atom. The lowest BCUT2D eigenvalue weighted by atomic mass is 9.98. The first kappa shape index (κ1) is 12.6. The van der Waals surface area contributed by atoms with E-state index in [-0.39, 0.29) is 0 Å². The van der Waals surface area contributed by atoms with Crippen LogP contribution in [0, 0.1) is 0 Å². The standard InChI is InChI=1S/C17H19N/c1-4-13(3)15(5-2)11-14-8-9-17-16(12-14)7-6-10-18-17/h5-10,12H,2,4,11H2,1,3H3. The van der Waals surface area contributed by atoms with Gasteiger partial charge in [-0.2, -0.15) is 0 Å². The predicted octanol–water partition coefficient (Wildman–Crippen LogP) is 4.69. The lowest BCUT2D eigenvalue weighted by Gasteiger charge is -2.08. The number of benzene rings is 1. The van der Waals surface area contributed by atoms with E-state index in [4.69, 9.17) is 0 Å². The summed E-state index contributed by atoms with van der Waals surface area (Å²) in [7, 11) is 0. The number of nitrogens with zero attached hydrogens (tertiary/aromatic N) is 1. The van der Waals surface area contributed by atoms with Crippen LogP contribution in [0.4, 0.5) is 0 Å². The van der Waals surface area contributed by atoms with Crippen LogP contribution < -0.4 is 0 Å². The molecule has 0 aliphatic heterocycles. The maximum absolute atomic E-state index is 4.34. The molecule has 1 heteroatoms. The van der Waals surface area contributed by atoms with Crippen LogP contribution in [0.5, 0.6) is 0 Å². The molecule has 0 unspecified atom stereocenters. The molecular formula is C17H19N. The van der Waals surface area contributed by atoms with E-state index in [0.717, 1.165) is 18.4 Å². The highest BCUT2D eigenvalue weighted by molar-refractivity contribution is 5.79. The molecule has 0 saturated heterocycles. The van der Waals surface area contributed by atoms with Crippen molar-refractivity contribution in [3.8, 4) is 0 Å². The van der Waals surface area contributed by atoms with E-state index in [1.807, 2.05) is 18.3 Å². The average molecular weight is 237 g/mol. The van der Waals surface area contributed by atoms with Crippen molar-refractivity contribution >= 4 is 10.9 Å². The fourth-order valence-corrected chi connectivity index (χ4v) is 2.08. The minimum Gasteiger partial charge on any atom is -0.256 e. The van der Waals surface area contributed by atoms with Gasteiger partial charge in [-0.3, -0.25) is 4.98 Å². The van der Waals surface area contributed by atoms with Gasteiger partial charge < -0.3 is 0 Å². The maximum atomic E-state index is 4.34. The summed E-state index contributed by atoms with van der Waals surface area (Å²) in [5.41, 5.74) is 5.12. The summed E-state index contributed by atoms with van der Waals surface area (Å²) in [6.07, 6.45) is 5.84. The average Bonchev–Trinajstić information content (AvgIpc) is 2.43. The molecule has 0 atom stereocenters. The Kier molecular flexibility index (Phi) is 3.93. The largest absolute Gasteiger partial charge is 0.256 e. The summed E-state index contributed by atoms with van der Waals surface area (Å²) in [6, 6.07) is 10.5. The van der Waals surface area contributed by atoms with Crippen molar-refractivity contribution in [3.63, 3.8) is 0 Å². The Morgan fingerprint density at radius 1 is 1.33 bits per heavy atom. The van der Waals surface area contributed by atoms with Gasteiger partial charge in [0, 0.05) is 11.6 Å². The third-order valence-corrected chi connectivity index (χ3v) is 3.39. The summed E-state index contributed by atoms with van der Waals surface area (Å²) in [5.74, 6) is 0. The monoisotopic (exact) mass is 237 g/mol. The highest BCUT2D eigenvalue weighted by atomic mass is 14.6. The van der Waals surface area contributed by atoms with Crippen LogP contribution >= 0.6 is 0 Å². The van der Waals surface area contributed by atoms with Crippen LogP contribution in [0.3, 0.4) is 0 Å². The minimum absolute atomic E-state index is 0.952. The molecule has 0 aliphatic rings. The Morgan fingerprint density at radius 3 is 2.89 bits per heavy atom. The normalized spacial score (nSPS) is 12.3. The second-order valence-electron chi connectivity index (χ2n) is 4.57. The van der Waals surface area contributed by atoms with E-state index in [9.17, 15) is 0 Å². The number of hydrogen-bond donors (Lipinski definition) is 0. The summed E-state index contributed by atoms with van der Waals surface area (Å²) in [4.78, 5) is 4.34. The van der Waals surface area contributed by atoms with Gasteiger partial charge in [-0.1, -0.05) is 37.3 Å². The smallest absolute Gasteiger partial charge is 0.0702 e. The molecule has 1 aromatic carbocycles. The van der Waals surface area contributed by atoms with Gasteiger partial charge in [-0.15, -0.1) is 0 Å². The number of aromatic nitrogens is 1. The van der Waals surface area contributed by atoms with Crippen molar-refractivity contribution in [2.45, 2.75) is 26.7 Å². The van der Waals surface area contributed by atoms with Gasteiger partial charge in [-0.05, 0) is 49.1 Å².